The number of para-hydroxylation sites is 2. The number of nitrogens with zero attached hydrogens (tertiary/aromatic N) is 1. The summed E-state index contributed by atoms with van der Waals surface area (Å²) in [6.07, 6.45) is 0. The molecule has 59 heavy (non-hydrogen) atoms. The number of thiophene rings is 1. The van der Waals surface area contributed by atoms with E-state index in [4.69, 9.17) is 9.47 Å². The molecule has 0 radical (unpaired) electrons. The minimum atomic E-state index is -0.489. The SMILES string of the molecule is c1ccc(-c2ccccc2N(c2ccc3sc4ccccc4c3c2)c2cccc3c2Oc2c(ccc4c2-c2ccccc2C42c4ccccc4-c4ccccc42)O3)cc1. The molecule has 2 heterocycles. The quantitative estimate of drug-likeness (QED) is 0.178. The average Bonchev–Trinajstić information content (AvgIpc) is 3.93. The molecule has 0 N–H and O–H groups in total. The summed E-state index contributed by atoms with van der Waals surface area (Å²) >= 11 is 1.83. The predicted molar refractivity (Wildman–Crippen MR) is 242 cm³/mol. The summed E-state index contributed by atoms with van der Waals surface area (Å²) in [6, 6.07) is 72.1. The van der Waals surface area contributed by atoms with Gasteiger partial charge >= 0.3 is 0 Å². The number of hydrogen-bond donors (Lipinski definition) is 0. The van der Waals surface area contributed by atoms with E-state index in [9.17, 15) is 0 Å². The van der Waals surface area contributed by atoms with E-state index in [2.05, 4.69) is 199 Å². The first-order chi connectivity index (χ1) is 29.3. The molecule has 0 saturated heterocycles. The normalized spacial score (nSPS) is 13.5. The van der Waals surface area contributed by atoms with Crippen LogP contribution < -0.4 is 14.4 Å². The minimum Gasteiger partial charge on any atom is -0.449 e. The molecule has 4 heteroatoms. The highest BCUT2D eigenvalue weighted by Gasteiger charge is 2.53. The third kappa shape index (κ3) is 4.47. The maximum absolute atomic E-state index is 7.43. The van der Waals surface area contributed by atoms with Crippen molar-refractivity contribution in [2.45, 2.75) is 5.41 Å². The van der Waals surface area contributed by atoms with Gasteiger partial charge in [0, 0.05) is 37.0 Å². The van der Waals surface area contributed by atoms with E-state index in [0.717, 1.165) is 45.1 Å². The molecule has 9 aromatic carbocycles. The molecule has 3 aliphatic rings. The molecular weight excluding hydrogens is 739 g/mol. The van der Waals surface area contributed by atoms with Crippen molar-refractivity contribution in [2.75, 3.05) is 4.90 Å². The Hall–Kier alpha value is -7.40. The third-order valence-corrected chi connectivity index (χ3v) is 13.7. The van der Waals surface area contributed by atoms with E-state index in [0.29, 0.717) is 17.2 Å². The molecule has 0 saturated carbocycles. The zero-order chi connectivity index (χ0) is 38.7. The van der Waals surface area contributed by atoms with Crippen molar-refractivity contribution in [2.24, 2.45) is 0 Å². The highest BCUT2D eigenvalue weighted by Crippen LogP contribution is 2.67. The Bertz CT molecular complexity index is 3320. The largest absolute Gasteiger partial charge is 0.449 e. The van der Waals surface area contributed by atoms with Gasteiger partial charge in [-0.1, -0.05) is 152 Å². The van der Waals surface area contributed by atoms with Crippen LogP contribution in [0.3, 0.4) is 0 Å². The van der Waals surface area contributed by atoms with Crippen molar-refractivity contribution in [3.8, 4) is 56.4 Å². The fourth-order valence-corrected chi connectivity index (χ4v) is 11.3. The van der Waals surface area contributed by atoms with Crippen LogP contribution >= 0.6 is 11.3 Å². The summed E-state index contributed by atoms with van der Waals surface area (Å²) in [5.74, 6) is 2.81. The number of rotatable bonds is 4. The number of fused-ring (bicyclic) bond motifs is 16. The molecule has 276 valence electrons. The zero-order valence-corrected chi connectivity index (χ0v) is 32.5. The van der Waals surface area contributed by atoms with Crippen molar-refractivity contribution in [1.82, 2.24) is 0 Å². The molecule has 0 unspecified atom stereocenters. The molecule has 2 aliphatic carbocycles. The summed E-state index contributed by atoms with van der Waals surface area (Å²) in [6.45, 7) is 0. The second-order valence-corrected chi connectivity index (χ2v) is 16.6. The van der Waals surface area contributed by atoms with Crippen molar-refractivity contribution in [3.63, 3.8) is 0 Å². The van der Waals surface area contributed by atoms with Crippen LogP contribution in [0.5, 0.6) is 23.0 Å². The van der Waals surface area contributed by atoms with Crippen LogP contribution in [-0.4, -0.2) is 0 Å². The van der Waals surface area contributed by atoms with Gasteiger partial charge in [0.05, 0.1) is 16.8 Å². The van der Waals surface area contributed by atoms with Gasteiger partial charge in [-0.3, -0.25) is 0 Å². The van der Waals surface area contributed by atoms with Gasteiger partial charge in [0.1, 0.15) is 0 Å². The lowest BCUT2D eigenvalue weighted by Crippen LogP contribution is -2.25. The van der Waals surface area contributed by atoms with Crippen molar-refractivity contribution < 1.29 is 9.47 Å². The van der Waals surface area contributed by atoms with Crippen molar-refractivity contribution in [1.29, 1.82) is 0 Å². The Morgan fingerprint density at radius 1 is 0.390 bits per heavy atom. The summed E-state index contributed by atoms with van der Waals surface area (Å²) in [4.78, 5) is 2.35. The minimum absolute atomic E-state index is 0.489. The number of hydrogen-bond acceptors (Lipinski definition) is 4. The molecular formula is C55H33NO2S. The maximum Gasteiger partial charge on any atom is 0.194 e. The Morgan fingerprint density at radius 2 is 1.00 bits per heavy atom. The van der Waals surface area contributed by atoms with E-state index in [1.807, 2.05) is 17.4 Å². The lowest BCUT2D eigenvalue weighted by atomic mass is 9.70. The summed E-state index contributed by atoms with van der Waals surface area (Å²) < 4.78 is 16.9. The van der Waals surface area contributed by atoms with E-state index < -0.39 is 5.41 Å². The Balaban J connectivity index is 1.05. The summed E-state index contributed by atoms with van der Waals surface area (Å²) in [5.41, 5.74) is 14.6. The Labute approximate surface area is 345 Å². The highest BCUT2D eigenvalue weighted by molar-refractivity contribution is 7.25. The topological polar surface area (TPSA) is 21.7 Å². The second-order valence-electron chi connectivity index (χ2n) is 15.5. The molecule has 10 aromatic rings. The molecule has 1 aliphatic heterocycles. The molecule has 0 atom stereocenters. The van der Waals surface area contributed by atoms with Crippen LogP contribution in [0.15, 0.2) is 200 Å². The molecule has 13 rings (SSSR count). The first-order valence-electron chi connectivity index (χ1n) is 20.1. The number of anilines is 3. The average molecular weight is 772 g/mol. The van der Waals surface area contributed by atoms with Crippen molar-refractivity contribution >= 4 is 48.6 Å². The van der Waals surface area contributed by atoms with Crippen LogP contribution in [0.2, 0.25) is 0 Å². The van der Waals surface area contributed by atoms with Crippen LogP contribution in [-0.2, 0) is 5.41 Å². The number of ether oxygens (including phenoxy) is 2. The molecule has 3 nitrogen and oxygen atoms in total. The maximum atomic E-state index is 7.43. The van der Waals surface area contributed by atoms with Gasteiger partial charge in [-0.25, -0.2) is 0 Å². The Kier molecular flexibility index (Phi) is 6.81. The Morgan fingerprint density at radius 3 is 1.80 bits per heavy atom. The first-order valence-corrected chi connectivity index (χ1v) is 20.9. The summed E-state index contributed by atoms with van der Waals surface area (Å²) in [7, 11) is 0. The van der Waals surface area contributed by atoms with Gasteiger partial charge in [-0.05, 0) is 93.0 Å². The fraction of sp³-hybridized carbons (Fsp3) is 0.0182. The van der Waals surface area contributed by atoms with Gasteiger partial charge in [0.25, 0.3) is 0 Å². The van der Waals surface area contributed by atoms with Gasteiger partial charge in [-0.2, -0.15) is 0 Å². The van der Waals surface area contributed by atoms with Crippen molar-refractivity contribution in [3.05, 3.63) is 222 Å². The predicted octanol–water partition coefficient (Wildman–Crippen LogP) is 15.4. The van der Waals surface area contributed by atoms with E-state index in [1.165, 1.54) is 53.6 Å². The van der Waals surface area contributed by atoms with Gasteiger partial charge in [-0.15, -0.1) is 11.3 Å². The summed E-state index contributed by atoms with van der Waals surface area (Å²) in [5, 5.41) is 2.49. The lowest BCUT2D eigenvalue weighted by molar-refractivity contribution is 0.361. The van der Waals surface area contributed by atoms with Crippen LogP contribution in [0, 0.1) is 0 Å². The standard InChI is InChI=1S/C55H33NO2S/c1-2-15-34(16-3-1)36-17-7-12-25-46(36)56(35-29-32-51-41(33-35)39-20-8-13-28-50(39)59-51)47-26-14-27-48-53(47)58-54-49(57-48)31-30-45-52(54)40-21-6-11-24-44(40)55(45)42-22-9-4-18-37(42)38-19-5-10-23-43(38)55/h1-33H. The van der Waals surface area contributed by atoms with Gasteiger partial charge in [0.2, 0.25) is 0 Å². The van der Waals surface area contributed by atoms with Crippen LogP contribution in [0.4, 0.5) is 17.1 Å². The number of benzene rings is 9. The molecule has 0 amide bonds. The monoisotopic (exact) mass is 771 g/mol. The van der Waals surface area contributed by atoms with E-state index in [-0.39, 0.29) is 0 Å². The first kappa shape index (κ1) is 32.7. The van der Waals surface area contributed by atoms with Crippen LogP contribution in [0.25, 0.3) is 53.6 Å². The molecule has 0 bridgehead atoms. The van der Waals surface area contributed by atoms with E-state index in [1.54, 1.807) is 0 Å². The van der Waals surface area contributed by atoms with Crippen LogP contribution in [0.1, 0.15) is 22.3 Å². The molecule has 1 aromatic heterocycles. The zero-order valence-electron chi connectivity index (χ0n) is 31.7. The van der Waals surface area contributed by atoms with E-state index >= 15 is 0 Å². The highest BCUT2D eigenvalue weighted by atomic mass is 32.1. The third-order valence-electron chi connectivity index (χ3n) is 12.5. The smallest absolute Gasteiger partial charge is 0.194 e. The molecule has 1 spiro atoms. The second kappa shape index (κ2) is 12.3. The molecule has 0 fully saturated rings. The van der Waals surface area contributed by atoms with Gasteiger partial charge in [0.15, 0.2) is 23.0 Å². The fourth-order valence-electron chi connectivity index (χ4n) is 10.2. The lowest BCUT2D eigenvalue weighted by Gasteiger charge is -2.33. The van der Waals surface area contributed by atoms with Gasteiger partial charge < -0.3 is 14.4 Å².